The van der Waals surface area contributed by atoms with Gasteiger partial charge in [-0.3, -0.25) is 9.59 Å². The first kappa shape index (κ1) is 20.3. The highest BCUT2D eigenvalue weighted by Gasteiger charge is 2.08. The molecule has 6 nitrogen and oxygen atoms in total. The first-order chi connectivity index (χ1) is 15.1. The number of para-hydroxylation sites is 2. The van der Waals surface area contributed by atoms with E-state index in [1.165, 1.54) is 24.3 Å². The van der Waals surface area contributed by atoms with Crippen molar-refractivity contribution in [3.05, 3.63) is 102 Å². The van der Waals surface area contributed by atoms with E-state index in [0.29, 0.717) is 18.7 Å². The molecule has 0 fully saturated rings. The highest BCUT2D eigenvalue weighted by atomic mass is 19.1. The lowest BCUT2D eigenvalue weighted by molar-refractivity contribution is -0.120. The molecule has 0 saturated carbocycles. The molecule has 31 heavy (non-hydrogen) atoms. The van der Waals surface area contributed by atoms with Gasteiger partial charge < -0.3 is 15.2 Å². The van der Waals surface area contributed by atoms with Crippen molar-refractivity contribution < 1.29 is 14.0 Å². The van der Waals surface area contributed by atoms with Crippen LogP contribution in [0.3, 0.4) is 0 Å². The SMILES string of the molecule is O=C(CNC(=O)c1ccc(F)cc1)NCc1ccc(Cn2cnc3ccccc32)cc1. The van der Waals surface area contributed by atoms with Crippen LogP contribution in [0.2, 0.25) is 0 Å². The Bertz CT molecular complexity index is 1200. The summed E-state index contributed by atoms with van der Waals surface area (Å²) in [5.74, 6) is -1.14. The molecule has 1 heterocycles. The van der Waals surface area contributed by atoms with Crippen molar-refractivity contribution in [3.8, 4) is 0 Å². The Morgan fingerprint density at radius 2 is 1.58 bits per heavy atom. The number of nitrogens with zero attached hydrogens (tertiary/aromatic N) is 2. The summed E-state index contributed by atoms with van der Waals surface area (Å²) < 4.78 is 15.0. The lowest BCUT2D eigenvalue weighted by atomic mass is 10.1. The van der Waals surface area contributed by atoms with Crippen LogP contribution in [0, 0.1) is 5.82 Å². The van der Waals surface area contributed by atoms with Gasteiger partial charge >= 0.3 is 0 Å². The van der Waals surface area contributed by atoms with Crippen molar-refractivity contribution in [2.75, 3.05) is 6.54 Å². The summed E-state index contributed by atoms with van der Waals surface area (Å²) in [4.78, 5) is 28.4. The lowest BCUT2D eigenvalue weighted by Gasteiger charge is -2.09. The molecule has 0 saturated heterocycles. The van der Waals surface area contributed by atoms with Crippen molar-refractivity contribution in [3.63, 3.8) is 0 Å². The zero-order valence-electron chi connectivity index (χ0n) is 16.7. The lowest BCUT2D eigenvalue weighted by Crippen LogP contribution is -2.36. The molecule has 7 heteroatoms. The van der Waals surface area contributed by atoms with E-state index >= 15 is 0 Å². The number of fused-ring (bicyclic) bond motifs is 1. The van der Waals surface area contributed by atoms with E-state index in [1.54, 1.807) is 0 Å². The Hall–Kier alpha value is -4.00. The molecule has 0 aliphatic rings. The van der Waals surface area contributed by atoms with Crippen LogP contribution in [-0.2, 0) is 17.9 Å². The van der Waals surface area contributed by atoms with Gasteiger partial charge in [-0.2, -0.15) is 0 Å². The Morgan fingerprint density at radius 1 is 0.871 bits per heavy atom. The molecule has 0 radical (unpaired) electrons. The normalized spacial score (nSPS) is 10.7. The van der Waals surface area contributed by atoms with Gasteiger partial charge in [0.2, 0.25) is 5.91 Å². The van der Waals surface area contributed by atoms with Gasteiger partial charge in [0, 0.05) is 18.7 Å². The first-order valence-electron chi connectivity index (χ1n) is 9.86. The second-order valence-electron chi connectivity index (χ2n) is 7.14. The second-order valence-corrected chi connectivity index (χ2v) is 7.14. The zero-order chi connectivity index (χ0) is 21.6. The third-order valence-electron chi connectivity index (χ3n) is 4.91. The molecule has 0 spiro atoms. The number of carbonyl (C=O) groups excluding carboxylic acids is 2. The molecular weight excluding hydrogens is 395 g/mol. The van der Waals surface area contributed by atoms with Crippen LogP contribution in [0.4, 0.5) is 4.39 Å². The monoisotopic (exact) mass is 416 g/mol. The van der Waals surface area contributed by atoms with Crippen LogP contribution >= 0.6 is 0 Å². The highest BCUT2D eigenvalue weighted by Crippen LogP contribution is 2.14. The average molecular weight is 416 g/mol. The standard InChI is InChI=1S/C24H21FN4O2/c25-20-11-9-19(10-12-20)24(31)27-14-23(30)26-13-17-5-7-18(8-6-17)15-29-16-28-21-3-1-2-4-22(21)29/h1-12,16H,13-15H2,(H,26,30)(H,27,31). The van der Waals surface area contributed by atoms with Gasteiger partial charge in [0.25, 0.3) is 5.91 Å². The molecule has 1 aromatic heterocycles. The largest absolute Gasteiger partial charge is 0.350 e. The van der Waals surface area contributed by atoms with E-state index in [0.717, 1.165) is 22.2 Å². The average Bonchev–Trinajstić information content (AvgIpc) is 3.20. The Labute approximate surface area is 178 Å². The van der Waals surface area contributed by atoms with E-state index in [4.69, 9.17) is 0 Å². The van der Waals surface area contributed by atoms with E-state index in [-0.39, 0.29) is 12.5 Å². The number of nitrogens with one attached hydrogen (secondary N) is 2. The molecule has 0 unspecified atom stereocenters. The quantitative estimate of drug-likeness (QED) is 0.486. The van der Waals surface area contributed by atoms with Gasteiger partial charge in [0.05, 0.1) is 23.9 Å². The number of imidazole rings is 1. The number of halogens is 1. The van der Waals surface area contributed by atoms with Gasteiger partial charge in [-0.05, 0) is 47.5 Å². The van der Waals surface area contributed by atoms with Crippen LogP contribution in [0.5, 0.6) is 0 Å². The topological polar surface area (TPSA) is 76.0 Å². The summed E-state index contributed by atoms with van der Waals surface area (Å²) in [7, 11) is 0. The molecule has 3 aromatic carbocycles. The van der Waals surface area contributed by atoms with Crippen molar-refractivity contribution in [1.82, 2.24) is 20.2 Å². The molecule has 2 N–H and O–H groups in total. The molecule has 0 bridgehead atoms. The number of rotatable bonds is 7. The van der Waals surface area contributed by atoms with Crippen LogP contribution in [0.1, 0.15) is 21.5 Å². The summed E-state index contributed by atoms with van der Waals surface area (Å²) in [5.41, 5.74) is 4.44. The van der Waals surface area contributed by atoms with Gasteiger partial charge in [-0.25, -0.2) is 9.37 Å². The van der Waals surface area contributed by atoms with Crippen LogP contribution < -0.4 is 10.6 Å². The van der Waals surface area contributed by atoms with Gasteiger partial charge in [0.15, 0.2) is 0 Å². The maximum atomic E-state index is 12.9. The predicted molar refractivity (Wildman–Crippen MR) is 116 cm³/mol. The summed E-state index contributed by atoms with van der Waals surface area (Å²) in [6.45, 7) is 0.921. The molecule has 4 rings (SSSR count). The number of benzene rings is 3. The third-order valence-corrected chi connectivity index (χ3v) is 4.91. The van der Waals surface area contributed by atoms with E-state index in [2.05, 4.69) is 20.2 Å². The number of hydrogen-bond donors (Lipinski definition) is 2. The molecular formula is C24H21FN4O2. The minimum Gasteiger partial charge on any atom is -0.350 e. The van der Waals surface area contributed by atoms with Crippen molar-refractivity contribution >= 4 is 22.8 Å². The van der Waals surface area contributed by atoms with Crippen LogP contribution in [-0.4, -0.2) is 27.9 Å². The molecule has 156 valence electrons. The Balaban J connectivity index is 1.25. The van der Waals surface area contributed by atoms with Gasteiger partial charge in [-0.1, -0.05) is 36.4 Å². The second kappa shape index (κ2) is 9.21. The minimum atomic E-state index is -0.425. The Kier molecular flexibility index (Phi) is 6.03. The number of hydrogen-bond acceptors (Lipinski definition) is 3. The fraction of sp³-hybridized carbons (Fsp3) is 0.125. The van der Waals surface area contributed by atoms with Crippen molar-refractivity contribution in [2.24, 2.45) is 0 Å². The smallest absolute Gasteiger partial charge is 0.251 e. The number of amides is 2. The first-order valence-corrected chi connectivity index (χ1v) is 9.86. The van der Waals surface area contributed by atoms with Crippen molar-refractivity contribution in [1.29, 1.82) is 0 Å². The molecule has 0 aliphatic carbocycles. The highest BCUT2D eigenvalue weighted by molar-refractivity contribution is 5.96. The Morgan fingerprint density at radius 3 is 2.35 bits per heavy atom. The summed E-state index contributed by atoms with van der Waals surface area (Å²) in [6, 6.07) is 21.1. The van der Waals surface area contributed by atoms with E-state index in [1.807, 2.05) is 54.9 Å². The summed E-state index contributed by atoms with van der Waals surface area (Å²) in [5, 5.41) is 5.30. The van der Waals surface area contributed by atoms with Crippen molar-refractivity contribution in [2.45, 2.75) is 13.1 Å². The van der Waals surface area contributed by atoms with Gasteiger partial charge in [-0.15, -0.1) is 0 Å². The maximum Gasteiger partial charge on any atom is 0.251 e. The molecule has 4 aromatic rings. The van der Waals surface area contributed by atoms with E-state index in [9.17, 15) is 14.0 Å². The van der Waals surface area contributed by atoms with Gasteiger partial charge in [0.1, 0.15) is 5.82 Å². The fourth-order valence-electron chi connectivity index (χ4n) is 3.22. The fourth-order valence-corrected chi connectivity index (χ4v) is 3.22. The molecule has 2 amide bonds. The molecule has 0 atom stereocenters. The maximum absolute atomic E-state index is 12.9. The zero-order valence-corrected chi connectivity index (χ0v) is 16.7. The number of aromatic nitrogens is 2. The minimum absolute atomic E-state index is 0.151. The summed E-state index contributed by atoms with van der Waals surface area (Å²) >= 11 is 0. The van der Waals surface area contributed by atoms with E-state index < -0.39 is 11.7 Å². The number of carbonyl (C=O) groups is 2. The molecule has 0 aliphatic heterocycles. The van der Waals surface area contributed by atoms with Crippen LogP contribution in [0.15, 0.2) is 79.1 Å². The third kappa shape index (κ3) is 5.14. The predicted octanol–water partition coefficient (Wildman–Crippen LogP) is 3.27. The van der Waals surface area contributed by atoms with Crippen LogP contribution in [0.25, 0.3) is 11.0 Å². The summed E-state index contributed by atoms with van der Waals surface area (Å²) in [6.07, 6.45) is 1.83.